The molecule has 6 rings (SSSR count). The van der Waals surface area contributed by atoms with E-state index in [9.17, 15) is 14.4 Å². The van der Waals surface area contributed by atoms with Crippen LogP contribution in [0.4, 0.5) is 0 Å². The predicted molar refractivity (Wildman–Crippen MR) is 149 cm³/mol. The molecule has 2 aromatic heterocycles. The molecule has 2 aliphatic heterocycles. The van der Waals surface area contributed by atoms with E-state index in [0.29, 0.717) is 30.2 Å². The number of fused-ring (bicyclic) bond motifs is 4. The number of methoxy groups -OCH3 is 1. The van der Waals surface area contributed by atoms with Crippen LogP contribution in [-0.4, -0.2) is 75.8 Å². The number of piperazine rings is 1. The Morgan fingerprint density at radius 3 is 2.31 bits per heavy atom. The van der Waals surface area contributed by atoms with Gasteiger partial charge < -0.3 is 29.8 Å². The second-order valence-corrected chi connectivity index (χ2v) is 11.6. The van der Waals surface area contributed by atoms with Gasteiger partial charge in [0.25, 0.3) is 11.8 Å². The number of hydrogen-bond acceptors (Lipinski definition) is 4. The summed E-state index contributed by atoms with van der Waals surface area (Å²) in [6, 6.07) is 16.1. The van der Waals surface area contributed by atoms with E-state index in [4.69, 9.17) is 4.74 Å². The third-order valence-corrected chi connectivity index (χ3v) is 8.02. The standard InChI is InChI=1S/C30H33N5O4/c1-30(2,3)26(33-27(36)23-12-17-8-5-6-9-21(17)31-23)29(38)35-16-18-13-19(35)15-34(18)28(37)24-14-20-22(32-24)10-7-11-25(20)39-4/h5-12,14,18-19,26,31-32H,13,15-16H2,1-4H3,(H,33,36)/t18-,19-,26+/m0/s1. The Hall–Kier alpha value is -4.27. The molecule has 0 aliphatic carbocycles. The number of nitrogens with zero attached hydrogens (tertiary/aromatic N) is 2. The number of H-pyrrole nitrogens is 2. The van der Waals surface area contributed by atoms with Crippen LogP contribution in [0.5, 0.6) is 5.75 Å². The Labute approximate surface area is 226 Å². The summed E-state index contributed by atoms with van der Waals surface area (Å²) in [5, 5.41) is 4.80. The minimum atomic E-state index is -0.707. The lowest BCUT2D eigenvalue weighted by molar-refractivity contribution is -0.138. The minimum Gasteiger partial charge on any atom is -0.496 e. The summed E-state index contributed by atoms with van der Waals surface area (Å²) in [4.78, 5) is 50.5. The van der Waals surface area contributed by atoms with E-state index in [1.807, 2.05) is 79.1 Å². The van der Waals surface area contributed by atoms with E-state index in [0.717, 1.165) is 28.2 Å². The number of likely N-dealkylation sites (tertiary alicyclic amines) is 2. The third kappa shape index (κ3) is 4.31. The number of carbonyl (C=O) groups excluding carboxylic acids is 3. The quantitative estimate of drug-likeness (QED) is 0.365. The average molecular weight is 528 g/mol. The zero-order valence-corrected chi connectivity index (χ0v) is 22.6. The molecule has 3 atom stereocenters. The van der Waals surface area contributed by atoms with Gasteiger partial charge in [-0.05, 0) is 42.2 Å². The maximum Gasteiger partial charge on any atom is 0.270 e. The highest BCUT2D eigenvalue weighted by atomic mass is 16.5. The molecule has 2 fully saturated rings. The number of benzene rings is 2. The summed E-state index contributed by atoms with van der Waals surface area (Å²) in [5.41, 5.74) is 2.15. The van der Waals surface area contributed by atoms with Crippen molar-refractivity contribution in [2.45, 2.75) is 45.3 Å². The lowest BCUT2D eigenvalue weighted by Crippen LogP contribution is -2.59. The van der Waals surface area contributed by atoms with Gasteiger partial charge in [-0.1, -0.05) is 45.0 Å². The second kappa shape index (κ2) is 9.18. The molecule has 4 heterocycles. The Bertz CT molecular complexity index is 1560. The van der Waals surface area contributed by atoms with Crippen LogP contribution in [0.15, 0.2) is 54.6 Å². The molecule has 39 heavy (non-hydrogen) atoms. The molecule has 3 N–H and O–H groups in total. The van der Waals surface area contributed by atoms with Gasteiger partial charge in [-0.15, -0.1) is 0 Å². The molecule has 0 spiro atoms. The fourth-order valence-corrected chi connectivity index (χ4v) is 5.98. The summed E-state index contributed by atoms with van der Waals surface area (Å²) >= 11 is 0. The molecule has 0 radical (unpaired) electrons. The van der Waals surface area contributed by atoms with Gasteiger partial charge >= 0.3 is 0 Å². The van der Waals surface area contributed by atoms with Gasteiger partial charge in [-0.2, -0.15) is 0 Å². The Balaban J connectivity index is 1.17. The van der Waals surface area contributed by atoms with Crippen LogP contribution in [0.3, 0.4) is 0 Å². The van der Waals surface area contributed by atoms with Gasteiger partial charge in [0.15, 0.2) is 0 Å². The Kier molecular flexibility index (Phi) is 5.89. The summed E-state index contributed by atoms with van der Waals surface area (Å²) in [7, 11) is 1.61. The van der Waals surface area contributed by atoms with Crippen molar-refractivity contribution >= 4 is 39.5 Å². The van der Waals surface area contributed by atoms with Crippen LogP contribution in [-0.2, 0) is 4.79 Å². The lowest BCUT2D eigenvalue weighted by Gasteiger charge is -2.39. The first kappa shape index (κ1) is 25.0. The van der Waals surface area contributed by atoms with Crippen LogP contribution in [0.2, 0.25) is 0 Å². The fraction of sp³-hybridized carbons (Fsp3) is 0.367. The summed E-state index contributed by atoms with van der Waals surface area (Å²) in [5.74, 6) is 0.217. The first-order valence-corrected chi connectivity index (χ1v) is 13.3. The molecule has 2 aliphatic rings. The normalized spacial score (nSPS) is 19.6. The molecule has 3 amide bonds. The molecule has 9 nitrogen and oxygen atoms in total. The number of nitrogens with one attached hydrogen (secondary N) is 3. The number of aromatic nitrogens is 2. The second-order valence-electron chi connectivity index (χ2n) is 11.6. The van der Waals surface area contributed by atoms with Crippen molar-refractivity contribution in [3.8, 4) is 5.75 Å². The van der Waals surface area contributed by atoms with Gasteiger partial charge in [0, 0.05) is 34.9 Å². The molecule has 9 heteroatoms. The number of amides is 3. The lowest BCUT2D eigenvalue weighted by atomic mass is 9.85. The van der Waals surface area contributed by atoms with Crippen LogP contribution in [0, 0.1) is 5.41 Å². The Morgan fingerprint density at radius 2 is 1.62 bits per heavy atom. The van der Waals surface area contributed by atoms with Gasteiger partial charge in [-0.25, -0.2) is 0 Å². The van der Waals surface area contributed by atoms with Crippen LogP contribution in [0.25, 0.3) is 21.8 Å². The van der Waals surface area contributed by atoms with Crippen molar-refractivity contribution in [3.05, 3.63) is 66.0 Å². The molecule has 0 saturated carbocycles. The number of para-hydroxylation sites is 1. The topological polar surface area (TPSA) is 111 Å². The average Bonchev–Trinajstić information content (AvgIpc) is 3.71. The number of aromatic amines is 2. The summed E-state index contributed by atoms with van der Waals surface area (Å²) < 4.78 is 5.44. The van der Waals surface area contributed by atoms with Gasteiger partial charge in [0.05, 0.1) is 19.2 Å². The summed E-state index contributed by atoms with van der Waals surface area (Å²) in [6.07, 6.45) is 0.730. The third-order valence-electron chi connectivity index (χ3n) is 8.02. The molecule has 4 aromatic rings. The van der Waals surface area contributed by atoms with E-state index in [-0.39, 0.29) is 29.8 Å². The van der Waals surface area contributed by atoms with E-state index < -0.39 is 11.5 Å². The molecule has 202 valence electrons. The highest BCUT2D eigenvalue weighted by molar-refractivity contribution is 6.01. The van der Waals surface area contributed by atoms with E-state index in [1.54, 1.807) is 13.2 Å². The predicted octanol–water partition coefficient (Wildman–Crippen LogP) is 3.93. The van der Waals surface area contributed by atoms with Crippen molar-refractivity contribution in [3.63, 3.8) is 0 Å². The maximum atomic E-state index is 13.8. The van der Waals surface area contributed by atoms with E-state index in [1.165, 1.54) is 0 Å². The molecular formula is C30H33N5O4. The van der Waals surface area contributed by atoms with Gasteiger partial charge in [0.2, 0.25) is 5.91 Å². The SMILES string of the molecule is COc1cccc2[nH]c(C(=O)N3C[C@@H]4C[C@H]3CN4C(=O)[C@@H](NC(=O)c3cc4ccccc4[nH]3)C(C)(C)C)cc12. The van der Waals surface area contributed by atoms with Gasteiger partial charge in [-0.3, -0.25) is 14.4 Å². The van der Waals surface area contributed by atoms with Gasteiger partial charge in [0.1, 0.15) is 23.2 Å². The zero-order chi connectivity index (χ0) is 27.5. The van der Waals surface area contributed by atoms with Crippen molar-refractivity contribution < 1.29 is 19.1 Å². The number of ether oxygens (including phenoxy) is 1. The largest absolute Gasteiger partial charge is 0.496 e. The smallest absolute Gasteiger partial charge is 0.270 e. The molecular weight excluding hydrogens is 494 g/mol. The molecule has 2 saturated heterocycles. The minimum absolute atomic E-state index is 0.0650. The van der Waals surface area contributed by atoms with Crippen molar-refractivity contribution in [1.82, 2.24) is 25.1 Å². The van der Waals surface area contributed by atoms with Crippen molar-refractivity contribution in [2.75, 3.05) is 20.2 Å². The fourth-order valence-electron chi connectivity index (χ4n) is 5.98. The molecule has 2 aromatic carbocycles. The van der Waals surface area contributed by atoms with Crippen LogP contribution < -0.4 is 10.1 Å². The maximum absolute atomic E-state index is 13.8. The monoisotopic (exact) mass is 527 g/mol. The number of hydrogen-bond donors (Lipinski definition) is 3. The first-order chi connectivity index (χ1) is 18.6. The van der Waals surface area contributed by atoms with Crippen molar-refractivity contribution in [2.24, 2.45) is 5.41 Å². The van der Waals surface area contributed by atoms with Crippen LogP contribution in [0.1, 0.15) is 48.2 Å². The highest BCUT2D eigenvalue weighted by Crippen LogP contribution is 2.35. The molecule has 0 unspecified atom stereocenters. The Morgan fingerprint density at radius 1 is 0.923 bits per heavy atom. The number of carbonyl (C=O) groups is 3. The van der Waals surface area contributed by atoms with E-state index >= 15 is 0 Å². The highest BCUT2D eigenvalue weighted by Gasteiger charge is 2.50. The molecule has 2 bridgehead atoms. The summed E-state index contributed by atoms with van der Waals surface area (Å²) in [6.45, 7) is 6.78. The zero-order valence-electron chi connectivity index (χ0n) is 22.6. The van der Waals surface area contributed by atoms with E-state index in [2.05, 4.69) is 15.3 Å². The number of rotatable bonds is 5. The first-order valence-electron chi connectivity index (χ1n) is 13.3. The van der Waals surface area contributed by atoms with Crippen LogP contribution >= 0.6 is 0 Å². The van der Waals surface area contributed by atoms with Crippen molar-refractivity contribution in [1.29, 1.82) is 0 Å².